The van der Waals surface area contributed by atoms with Crippen LogP contribution in [0.3, 0.4) is 0 Å². The minimum Gasteiger partial charge on any atom is -0.356 e. The van der Waals surface area contributed by atoms with Gasteiger partial charge in [0.15, 0.2) is 5.76 Å². The smallest absolute Gasteiger partial charge is 0.160 e. The van der Waals surface area contributed by atoms with Crippen LogP contribution >= 0.6 is 0 Å². The molecule has 0 bridgehead atoms. The molecule has 110 valence electrons. The molecule has 0 spiro atoms. The molecule has 4 aromatic rings. The van der Waals surface area contributed by atoms with Gasteiger partial charge in [-0.05, 0) is 28.5 Å². The average Bonchev–Trinajstić information content (AvgIpc) is 3.09. The summed E-state index contributed by atoms with van der Waals surface area (Å²) in [7, 11) is 0. The van der Waals surface area contributed by atoms with Crippen LogP contribution in [0, 0.1) is 0 Å². The second kappa shape index (κ2) is 5.93. The zero-order valence-electron chi connectivity index (χ0n) is 12.5. The zero-order chi connectivity index (χ0) is 15.5. The second-order valence-electron chi connectivity index (χ2n) is 5.42. The first-order chi connectivity index (χ1) is 11.4. The molecule has 0 radical (unpaired) electrons. The molecule has 4 rings (SSSR count). The summed E-state index contributed by atoms with van der Waals surface area (Å²) >= 11 is 0. The summed E-state index contributed by atoms with van der Waals surface area (Å²) in [5.74, 6) is 0.747. The van der Waals surface area contributed by atoms with Crippen molar-refractivity contribution in [2.75, 3.05) is 0 Å². The summed E-state index contributed by atoms with van der Waals surface area (Å²) in [6.07, 6.45) is 3.96. The van der Waals surface area contributed by atoms with Gasteiger partial charge in [0.1, 0.15) is 5.69 Å². The van der Waals surface area contributed by atoms with E-state index in [2.05, 4.69) is 47.6 Å². The van der Waals surface area contributed by atoms with E-state index in [9.17, 15) is 0 Å². The van der Waals surface area contributed by atoms with Crippen LogP contribution in [-0.2, 0) is 0 Å². The number of rotatable bonds is 3. The summed E-state index contributed by atoms with van der Waals surface area (Å²) < 4.78 is 5.42. The highest BCUT2D eigenvalue weighted by atomic mass is 16.5. The van der Waals surface area contributed by atoms with Gasteiger partial charge in [0.05, 0.1) is 0 Å². The standard InChI is InChI=1S/C21H15NO/c1-2-6-16(7-3-1)10-13-20-15-21(22-23-20)19-12-11-17-8-4-5-9-18(17)14-19/h1-15H/b13-10+. The summed E-state index contributed by atoms with van der Waals surface area (Å²) in [6.45, 7) is 0. The highest BCUT2D eigenvalue weighted by Gasteiger charge is 2.05. The molecule has 0 atom stereocenters. The van der Waals surface area contributed by atoms with Gasteiger partial charge in [-0.3, -0.25) is 0 Å². The van der Waals surface area contributed by atoms with E-state index in [4.69, 9.17) is 4.52 Å². The number of hydrogen-bond acceptors (Lipinski definition) is 2. The van der Waals surface area contributed by atoms with Gasteiger partial charge in [0.25, 0.3) is 0 Å². The highest BCUT2D eigenvalue weighted by molar-refractivity contribution is 5.86. The van der Waals surface area contributed by atoms with Gasteiger partial charge in [-0.2, -0.15) is 0 Å². The van der Waals surface area contributed by atoms with Crippen molar-refractivity contribution in [1.82, 2.24) is 5.16 Å². The van der Waals surface area contributed by atoms with Crippen LogP contribution in [0.2, 0.25) is 0 Å². The van der Waals surface area contributed by atoms with Crippen molar-refractivity contribution in [2.24, 2.45) is 0 Å². The molecule has 3 aromatic carbocycles. The quantitative estimate of drug-likeness (QED) is 0.487. The predicted octanol–water partition coefficient (Wildman–Crippen LogP) is 5.67. The number of benzene rings is 3. The van der Waals surface area contributed by atoms with E-state index in [-0.39, 0.29) is 0 Å². The first-order valence-corrected chi connectivity index (χ1v) is 7.57. The van der Waals surface area contributed by atoms with Crippen molar-refractivity contribution in [2.45, 2.75) is 0 Å². The van der Waals surface area contributed by atoms with E-state index in [0.29, 0.717) is 0 Å². The van der Waals surface area contributed by atoms with Crippen molar-refractivity contribution in [3.05, 3.63) is 90.2 Å². The Kier molecular flexibility index (Phi) is 3.49. The second-order valence-corrected chi connectivity index (χ2v) is 5.42. The van der Waals surface area contributed by atoms with Crippen LogP contribution in [0.1, 0.15) is 11.3 Å². The van der Waals surface area contributed by atoms with Crippen LogP contribution in [0.25, 0.3) is 34.2 Å². The number of aromatic nitrogens is 1. The van der Waals surface area contributed by atoms with E-state index < -0.39 is 0 Å². The van der Waals surface area contributed by atoms with Gasteiger partial charge in [0, 0.05) is 11.6 Å². The maximum atomic E-state index is 5.42. The molecule has 2 nitrogen and oxygen atoms in total. The molecular weight excluding hydrogens is 282 g/mol. The summed E-state index contributed by atoms with van der Waals surface area (Å²) in [5.41, 5.74) is 3.05. The van der Waals surface area contributed by atoms with Crippen LogP contribution in [0.4, 0.5) is 0 Å². The van der Waals surface area contributed by atoms with Crippen molar-refractivity contribution >= 4 is 22.9 Å². The minimum absolute atomic E-state index is 0.747. The maximum absolute atomic E-state index is 5.42. The Morgan fingerprint density at radius 2 is 1.48 bits per heavy atom. The molecule has 1 aromatic heterocycles. The molecule has 0 aliphatic heterocycles. The largest absolute Gasteiger partial charge is 0.356 e. The molecule has 0 aliphatic rings. The Morgan fingerprint density at radius 1 is 0.696 bits per heavy atom. The lowest BCUT2D eigenvalue weighted by Crippen LogP contribution is -1.78. The van der Waals surface area contributed by atoms with Gasteiger partial charge in [-0.1, -0.05) is 78.0 Å². The highest BCUT2D eigenvalue weighted by Crippen LogP contribution is 2.24. The number of nitrogens with zero attached hydrogens (tertiary/aromatic N) is 1. The van der Waals surface area contributed by atoms with E-state index >= 15 is 0 Å². The summed E-state index contributed by atoms with van der Waals surface area (Å²) in [4.78, 5) is 0. The van der Waals surface area contributed by atoms with E-state index in [1.165, 1.54) is 10.8 Å². The normalized spacial score (nSPS) is 11.3. The van der Waals surface area contributed by atoms with Crippen LogP contribution in [0.15, 0.2) is 83.4 Å². The molecule has 1 heterocycles. The molecule has 0 N–H and O–H groups in total. The van der Waals surface area contributed by atoms with Crippen molar-refractivity contribution in [3.63, 3.8) is 0 Å². The van der Waals surface area contributed by atoms with E-state index in [1.54, 1.807) is 0 Å². The van der Waals surface area contributed by atoms with Crippen LogP contribution in [-0.4, -0.2) is 5.16 Å². The third kappa shape index (κ3) is 2.92. The molecule has 0 aliphatic carbocycles. The third-order valence-corrected chi connectivity index (χ3v) is 3.81. The first kappa shape index (κ1) is 13.5. The van der Waals surface area contributed by atoms with E-state index in [0.717, 1.165) is 22.6 Å². The monoisotopic (exact) mass is 297 g/mol. The van der Waals surface area contributed by atoms with Crippen LogP contribution < -0.4 is 0 Å². The molecule has 0 saturated carbocycles. The number of fused-ring (bicyclic) bond motifs is 1. The lowest BCUT2D eigenvalue weighted by molar-refractivity contribution is 0.415. The molecule has 0 unspecified atom stereocenters. The van der Waals surface area contributed by atoms with E-state index in [1.807, 2.05) is 48.6 Å². The molecule has 2 heteroatoms. The Balaban J connectivity index is 1.62. The lowest BCUT2D eigenvalue weighted by Gasteiger charge is -1.99. The zero-order valence-corrected chi connectivity index (χ0v) is 12.5. The predicted molar refractivity (Wildman–Crippen MR) is 94.8 cm³/mol. The summed E-state index contributed by atoms with van der Waals surface area (Å²) in [5, 5.41) is 6.61. The molecule has 0 amide bonds. The molecule has 23 heavy (non-hydrogen) atoms. The van der Waals surface area contributed by atoms with Crippen LogP contribution in [0.5, 0.6) is 0 Å². The van der Waals surface area contributed by atoms with Gasteiger partial charge < -0.3 is 4.52 Å². The van der Waals surface area contributed by atoms with Crippen molar-refractivity contribution < 1.29 is 4.52 Å². The summed E-state index contributed by atoms with van der Waals surface area (Å²) in [6, 6.07) is 26.7. The molecule has 0 fully saturated rings. The first-order valence-electron chi connectivity index (χ1n) is 7.57. The Labute approximate surface area is 134 Å². The van der Waals surface area contributed by atoms with Crippen molar-refractivity contribution in [3.8, 4) is 11.3 Å². The fraction of sp³-hybridized carbons (Fsp3) is 0. The fourth-order valence-electron chi connectivity index (χ4n) is 2.60. The Bertz CT molecular complexity index is 967. The molecule has 0 saturated heterocycles. The third-order valence-electron chi connectivity index (χ3n) is 3.81. The van der Waals surface area contributed by atoms with Crippen molar-refractivity contribution in [1.29, 1.82) is 0 Å². The maximum Gasteiger partial charge on any atom is 0.160 e. The van der Waals surface area contributed by atoms with Gasteiger partial charge in [-0.25, -0.2) is 0 Å². The average molecular weight is 297 g/mol. The minimum atomic E-state index is 0.747. The SMILES string of the molecule is C(=C\c1cc(-c2ccc3ccccc3c2)no1)/c1ccccc1. The topological polar surface area (TPSA) is 26.0 Å². The Hall–Kier alpha value is -3.13. The number of hydrogen-bond donors (Lipinski definition) is 0. The van der Waals surface area contributed by atoms with Gasteiger partial charge in [0.2, 0.25) is 0 Å². The lowest BCUT2D eigenvalue weighted by atomic mass is 10.1. The fourth-order valence-corrected chi connectivity index (χ4v) is 2.60. The van der Waals surface area contributed by atoms with Gasteiger partial charge >= 0.3 is 0 Å². The van der Waals surface area contributed by atoms with Gasteiger partial charge in [-0.15, -0.1) is 0 Å². The Morgan fingerprint density at radius 3 is 2.35 bits per heavy atom. The molecular formula is C21H15NO.